The monoisotopic (exact) mass is 393 g/mol. The van der Waals surface area contributed by atoms with E-state index in [0.29, 0.717) is 13.1 Å². The summed E-state index contributed by atoms with van der Waals surface area (Å²) in [7, 11) is 0. The summed E-state index contributed by atoms with van der Waals surface area (Å²) in [6.07, 6.45) is 3.55. The van der Waals surface area contributed by atoms with E-state index < -0.39 is 0 Å². The second-order valence-electron chi connectivity index (χ2n) is 7.69. The van der Waals surface area contributed by atoms with Crippen molar-refractivity contribution in [2.75, 3.05) is 5.32 Å². The fourth-order valence-corrected chi connectivity index (χ4v) is 4.22. The Labute approximate surface area is 172 Å². The van der Waals surface area contributed by atoms with E-state index in [9.17, 15) is 4.79 Å². The molecule has 3 heterocycles. The summed E-state index contributed by atoms with van der Waals surface area (Å²) in [5, 5.41) is 5.16. The predicted octanol–water partition coefficient (Wildman–Crippen LogP) is 6.13. The number of fused-ring (bicyclic) bond motifs is 3. The van der Waals surface area contributed by atoms with Crippen LogP contribution in [0.1, 0.15) is 11.1 Å². The van der Waals surface area contributed by atoms with E-state index in [1.54, 1.807) is 6.26 Å². The van der Waals surface area contributed by atoms with E-state index in [4.69, 9.17) is 4.42 Å². The van der Waals surface area contributed by atoms with E-state index >= 15 is 0 Å². The minimum Gasteiger partial charge on any atom is -0.464 e. The first-order chi connectivity index (χ1) is 14.7. The van der Waals surface area contributed by atoms with Crippen molar-refractivity contribution in [1.29, 1.82) is 0 Å². The van der Waals surface area contributed by atoms with Gasteiger partial charge in [0, 0.05) is 35.6 Å². The first-order valence-electron chi connectivity index (χ1n) is 9.96. The molecule has 30 heavy (non-hydrogen) atoms. The van der Waals surface area contributed by atoms with E-state index in [1.807, 2.05) is 41.4 Å². The number of nitrogens with one attached hydrogen (secondary N) is 2. The number of aromatic amines is 1. The molecular formula is C25H19N3O2. The molecule has 2 amide bonds. The molecule has 0 saturated heterocycles. The van der Waals surface area contributed by atoms with Gasteiger partial charge < -0.3 is 19.6 Å². The smallest absolute Gasteiger partial charge is 0.322 e. The largest absolute Gasteiger partial charge is 0.464 e. The van der Waals surface area contributed by atoms with Gasteiger partial charge in [0.1, 0.15) is 5.58 Å². The maximum Gasteiger partial charge on any atom is 0.322 e. The Bertz CT molecular complexity index is 1410. The Hall–Kier alpha value is -3.99. The lowest BCUT2D eigenvalue weighted by atomic mass is 10.00. The molecule has 0 unspecified atom stereocenters. The number of aromatic nitrogens is 1. The van der Waals surface area contributed by atoms with E-state index in [0.717, 1.165) is 38.7 Å². The highest BCUT2D eigenvalue weighted by molar-refractivity contribution is 6.01. The van der Waals surface area contributed by atoms with Crippen molar-refractivity contribution in [2.45, 2.75) is 13.1 Å². The quantitative estimate of drug-likeness (QED) is 0.379. The Morgan fingerprint density at radius 2 is 1.77 bits per heavy atom. The Kier molecular flexibility index (Phi) is 3.68. The molecule has 3 aromatic carbocycles. The molecule has 5 aromatic rings. The normalized spacial score (nSPS) is 13.1. The summed E-state index contributed by atoms with van der Waals surface area (Å²) in [5.74, 6) is 0. The fraction of sp³-hybridized carbons (Fsp3) is 0.0800. The van der Waals surface area contributed by atoms with Crippen molar-refractivity contribution < 1.29 is 9.21 Å². The zero-order valence-corrected chi connectivity index (χ0v) is 16.2. The number of H-pyrrole nitrogens is 1. The number of carbonyl (C=O) groups excluding carboxylic acids is 1. The number of carbonyl (C=O) groups is 1. The number of nitrogens with zero attached hydrogens (tertiary/aromatic N) is 1. The minimum absolute atomic E-state index is 0.0884. The SMILES string of the molecule is O=C(Nc1c[nH]c2ccccc12)N1Cc2ccc(-c3ccc4ccoc4c3)cc2C1. The van der Waals surface area contributed by atoms with Crippen LogP contribution in [0.25, 0.3) is 33.0 Å². The zero-order chi connectivity index (χ0) is 20.1. The lowest BCUT2D eigenvalue weighted by Gasteiger charge is -2.16. The van der Waals surface area contributed by atoms with Gasteiger partial charge >= 0.3 is 6.03 Å². The summed E-state index contributed by atoms with van der Waals surface area (Å²) < 4.78 is 5.54. The second-order valence-corrected chi connectivity index (χ2v) is 7.69. The molecule has 0 saturated carbocycles. The maximum absolute atomic E-state index is 12.9. The average Bonchev–Trinajstić information content (AvgIpc) is 3.50. The Balaban J connectivity index is 1.23. The Morgan fingerprint density at radius 1 is 0.933 bits per heavy atom. The van der Waals surface area contributed by atoms with Gasteiger partial charge in [0.25, 0.3) is 0 Å². The molecule has 0 radical (unpaired) electrons. The second kappa shape index (κ2) is 6.52. The van der Waals surface area contributed by atoms with Crippen LogP contribution in [0.5, 0.6) is 0 Å². The molecule has 0 atom stereocenters. The lowest BCUT2D eigenvalue weighted by molar-refractivity contribution is 0.212. The topological polar surface area (TPSA) is 61.3 Å². The number of furan rings is 1. The zero-order valence-electron chi connectivity index (χ0n) is 16.2. The predicted molar refractivity (Wildman–Crippen MR) is 118 cm³/mol. The fourth-order valence-electron chi connectivity index (χ4n) is 4.22. The summed E-state index contributed by atoms with van der Waals surface area (Å²) in [4.78, 5) is 17.9. The number of hydrogen-bond donors (Lipinski definition) is 2. The van der Waals surface area contributed by atoms with Gasteiger partial charge in [-0.3, -0.25) is 0 Å². The lowest BCUT2D eigenvalue weighted by Crippen LogP contribution is -2.30. The number of amides is 2. The summed E-state index contributed by atoms with van der Waals surface area (Å²) >= 11 is 0. The van der Waals surface area contributed by atoms with Crippen LogP contribution in [-0.4, -0.2) is 15.9 Å². The molecule has 0 spiro atoms. The number of hydrogen-bond acceptors (Lipinski definition) is 2. The maximum atomic E-state index is 12.9. The van der Waals surface area contributed by atoms with Gasteiger partial charge in [-0.1, -0.05) is 42.5 Å². The number of para-hydroxylation sites is 1. The van der Waals surface area contributed by atoms with Gasteiger partial charge in [-0.2, -0.15) is 0 Å². The number of anilines is 1. The van der Waals surface area contributed by atoms with Crippen LogP contribution in [0.3, 0.4) is 0 Å². The molecule has 1 aliphatic rings. The molecule has 0 fully saturated rings. The van der Waals surface area contributed by atoms with Crippen LogP contribution in [-0.2, 0) is 13.1 Å². The highest BCUT2D eigenvalue weighted by Gasteiger charge is 2.24. The van der Waals surface area contributed by atoms with Gasteiger partial charge in [-0.15, -0.1) is 0 Å². The summed E-state index contributed by atoms with van der Waals surface area (Å²) in [6.45, 7) is 1.21. The highest BCUT2D eigenvalue weighted by atomic mass is 16.3. The van der Waals surface area contributed by atoms with Gasteiger partial charge in [-0.05, 0) is 46.5 Å². The van der Waals surface area contributed by atoms with Crippen molar-refractivity contribution in [3.63, 3.8) is 0 Å². The van der Waals surface area contributed by atoms with Crippen LogP contribution >= 0.6 is 0 Å². The molecule has 0 aliphatic carbocycles. The van der Waals surface area contributed by atoms with Gasteiger partial charge in [0.15, 0.2) is 0 Å². The highest BCUT2D eigenvalue weighted by Crippen LogP contribution is 2.31. The van der Waals surface area contributed by atoms with Crippen molar-refractivity contribution >= 4 is 33.6 Å². The van der Waals surface area contributed by atoms with Crippen molar-refractivity contribution in [3.05, 3.63) is 90.3 Å². The van der Waals surface area contributed by atoms with E-state index in [-0.39, 0.29) is 6.03 Å². The van der Waals surface area contributed by atoms with Gasteiger partial charge in [0.05, 0.1) is 12.0 Å². The third-order valence-electron chi connectivity index (χ3n) is 5.84. The van der Waals surface area contributed by atoms with Gasteiger partial charge in [0.2, 0.25) is 0 Å². The van der Waals surface area contributed by atoms with Crippen molar-refractivity contribution in [2.24, 2.45) is 0 Å². The molecule has 1 aliphatic heterocycles. The van der Waals surface area contributed by atoms with Crippen LogP contribution in [0, 0.1) is 0 Å². The summed E-state index contributed by atoms with van der Waals surface area (Å²) in [6, 6.07) is 22.5. The van der Waals surface area contributed by atoms with Crippen LogP contribution in [0.4, 0.5) is 10.5 Å². The number of benzene rings is 3. The first-order valence-corrected chi connectivity index (χ1v) is 9.96. The molecule has 6 rings (SSSR count). The van der Waals surface area contributed by atoms with Gasteiger partial charge in [-0.25, -0.2) is 4.79 Å². The van der Waals surface area contributed by atoms with Crippen molar-refractivity contribution in [1.82, 2.24) is 9.88 Å². The molecule has 5 nitrogen and oxygen atoms in total. The molecule has 146 valence electrons. The third-order valence-corrected chi connectivity index (χ3v) is 5.84. The average molecular weight is 393 g/mol. The first kappa shape index (κ1) is 16.9. The Morgan fingerprint density at radius 3 is 2.73 bits per heavy atom. The molecule has 0 bridgehead atoms. The molecule has 2 N–H and O–H groups in total. The van der Waals surface area contributed by atoms with E-state index in [2.05, 4.69) is 46.7 Å². The van der Waals surface area contributed by atoms with Crippen LogP contribution < -0.4 is 5.32 Å². The molecular weight excluding hydrogens is 374 g/mol. The van der Waals surface area contributed by atoms with Crippen molar-refractivity contribution in [3.8, 4) is 11.1 Å². The third kappa shape index (κ3) is 2.75. The van der Waals surface area contributed by atoms with Crippen LogP contribution in [0.15, 0.2) is 83.6 Å². The number of rotatable bonds is 2. The standard InChI is InChI=1S/C25H19N3O2/c29-25(27-23-13-26-22-4-2-1-3-21(22)23)28-14-19-8-7-17(11-20(19)15-28)18-6-5-16-9-10-30-24(16)12-18/h1-13,26H,14-15H2,(H,27,29). The molecule has 2 aromatic heterocycles. The minimum atomic E-state index is -0.0884. The summed E-state index contributed by atoms with van der Waals surface area (Å²) in [5.41, 5.74) is 7.31. The van der Waals surface area contributed by atoms with Crippen LogP contribution in [0.2, 0.25) is 0 Å². The van der Waals surface area contributed by atoms with E-state index in [1.165, 1.54) is 11.1 Å². The number of urea groups is 1. The molecule has 5 heteroatoms.